The number of halogens is 1. The largest absolute Gasteiger partial charge is 0.466 e. The molecule has 0 spiro atoms. The highest BCUT2D eigenvalue weighted by Gasteiger charge is 2.51. The molecule has 2 aliphatic heterocycles. The molecule has 226 valence electrons. The number of esters is 1. The van der Waals surface area contributed by atoms with Gasteiger partial charge in [-0.05, 0) is 88.8 Å². The van der Waals surface area contributed by atoms with E-state index in [9.17, 15) is 18.8 Å². The van der Waals surface area contributed by atoms with Crippen LogP contribution in [0.5, 0.6) is 0 Å². The summed E-state index contributed by atoms with van der Waals surface area (Å²) in [7, 11) is 0. The van der Waals surface area contributed by atoms with Gasteiger partial charge in [-0.3, -0.25) is 19.3 Å². The van der Waals surface area contributed by atoms with Crippen LogP contribution in [0.25, 0.3) is 0 Å². The summed E-state index contributed by atoms with van der Waals surface area (Å²) >= 11 is 0. The van der Waals surface area contributed by atoms with Crippen molar-refractivity contribution in [3.05, 3.63) is 35.6 Å². The minimum Gasteiger partial charge on any atom is -0.466 e. The topological polar surface area (TPSA) is 79.0 Å². The summed E-state index contributed by atoms with van der Waals surface area (Å²) in [4.78, 5) is 45.3. The van der Waals surface area contributed by atoms with E-state index in [-0.39, 0.29) is 35.6 Å². The third-order valence-corrected chi connectivity index (χ3v) is 10.5. The molecule has 0 radical (unpaired) electrons. The number of rotatable bonds is 9. The molecule has 2 heterocycles. The van der Waals surface area contributed by atoms with Crippen LogP contribution < -0.4 is 5.32 Å². The number of fused-ring (bicyclic) bond motifs is 2. The van der Waals surface area contributed by atoms with Gasteiger partial charge in [-0.15, -0.1) is 0 Å². The molecule has 2 saturated heterocycles. The number of nitrogens with zero attached hydrogens (tertiary/aromatic N) is 2. The maximum atomic E-state index is 14.0. The van der Waals surface area contributed by atoms with Crippen molar-refractivity contribution in [2.24, 2.45) is 23.2 Å². The van der Waals surface area contributed by atoms with Gasteiger partial charge in [0.05, 0.1) is 17.9 Å². The van der Waals surface area contributed by atoms with Gasteiger partial charge in [-0.1, -0.05) is 31.4 Å². The second-order valence-corrected chi connectivity index (χ2v) is 13.2. The Morgan fingerprint density at radius 2 is 1.73 bits per heavy atom. The summed E-state index contributed by atoms with van der Waals surface area (Å²) in [5, 5.41) is 3.15. The number of hydrogen-bond acceptors (Lipinski definition) is 5. The third kappa shape index (κ3) is 6.32. The molecule has 2 amide bonds. The number of carbonyl (C=O) groups is 3. The lowest BCUT2D eigenvalue weighted by Crippen LogP contribution is -2.57. The van der Waals surface area contributed by atoms with Crippen LogP contribution in [-0.2, 0) is 25.5 Å². The number of carbonyl (C=O) groups excluding carboxylic acids is 3. The molecular weight excluding hydrogens is 521 g/mol. The minimum absolute atomic E-state index is 0.0524. The van der Waals surface area contributed by atoms with Crippen molar-refractivity contribution >= 4 is 17.8 Å². The fraction of sp³-hybridized carbons (Fsp3) is 0.727. The van der Waals surface area contributed by atoms with Crippen LogP contribution in [0.1, 0.15) is 84.1 Å². The molecule has 4 unspecified atom stereocenters. The molecule has 1 N–H and O–H groups in total. The van der Waals surface area contributed by atoms with E-state index in [0.717, 1.165) is 50.6 Å². The molecule has 2 saturated carbocycles. The van der Waals surface area contributed by atoms with Gasteiger partial charge in [0, 0.05) is 38.1 Å². The summed E-state index contributed by atoms with van der Waals surface area (Å²) in [6.45, 7) is 8.55. The SMILES string of the molecule is CCOC(=O)C1(C2CCCCC2)CCN(C(=O)C(Cc2ccc(F)cc2)NC(=O)C2CC3CC2N(C(C)C)C3)CC1. The Bertz CT molecular complexity index is 1080. The van der Waals surface area contributed by atoms with Gasteiger partial charge in [-0.25, -0.2) is 4.39 Å². The van der Waals surface area contributed by atoms with Crippen LogP contribution in [0, 0.1) is 29.0 Å². The predicted octanol–water partition coefficient (Wildman–Crippen LogP) is 4.72. The Morgan fingerprint density at radius 3 is 2.34 bits per heavy atom. The van der Waals surface area contributed by atoms with Crippen molar-refractivity contribution in [3.63, 3.8) is 0 Å². The average Bonchev–Trinajstić information content (AvgIpc) is 3.60. The van der Waals surface area contributed by atoms with Gasteiger partial charge in [-0.2, -0.15) is 0 Å². The molecule has 2 bridgehead atoms. The number of nitrogens with one attached hydrogen (secondary N) is 1. The summed E-state index contributed by atoms with van der Waals surface area (Å²) < 4.78 is 19.2. The molecule has 7 nitrogen and oxygen atoms in total. The first kappa shape index (κ1) is 30.0. The van der Waals surface area contributed by atoms with Crippen LogP contribution in [0.15, 0.2) is 24.3 Å². The highest BCUT2D eigenvalue weighted by Crippen LogP contribution is 2.47. The summed E-state index contributed by atoms with van der Waals surface area (Å²) in [6.07, 6.45) is 8.95. The van der Waals surface area contributed by atoms with Gasteiger partial charge in [0.1, 0.15) is 11.9 Å². The van der Waals surface area contributed by atoms with E-state index in [1.54, 1.807) is 12.1 Å². The standard InChI is InChI=1S/C33H48FN3O4/c1-4-41-32(40)33(25-8-6-5-7-9-25)14-16-36(17-15-33)31(39)28(19-23-10-12-26(34)13-11-23)35-30(38)27-18-24-20-29(27)37(21-24)22(2)3/h10-13,22,24-25,27-29H,4-9,14-21H2,1-3H3,(H,35,38). The number of likely N-dealkylation sites (tertiary alicyclic amines) is 2. The van der Waals surface area contributed by atoms with E-state index in [0.29, 0.717) is 56.8 Å². The van der Waals surface area contributed by atoms with E-state index >= 15 is 0 Å². The van der Waals surface area contributed by atoms with Crippen molar-refractivity contribution < 1.29 is 23.5 Å². The second-order valence-electron chi connectivity index (χ2n) is 13.2. The lowest BCUT2D eigenvalue weighted by molar-refractivity contribution is -0.166. The molecule has 41 heavy (non-hydrogen) atoms. The highest BCUT2D eigenvalue weighted by molar-refractivity contribution is 5.89. The first-order valence-electron chi connectivity index (χ1n) is 16.0. The summed E-state index contributed by atoms with van der Waals surface area (Å²) in [6, 6.07) is 6.04. The molecule has 8 heteroatoms. The fourth-order valence-corrected chi connectivity index (χ4v) is 8.33. The van der Waals surface area contributed by atoms with E-state index in [1.807, 2.05) is 11.8 Å². The molecule has 0 aromatic heterocycles. The third-order valence-electron chi connectivity index (χ3n) is 10.5. The zero-order chi connectivity index (χ0) is 29.1. The van der Waals surface area contributed by atoms with E-state index < -0.39 is 11.5 Å². The Morgan fingerprint density at radius 1 is 1.05 bits per heavy atom. The van der Waals surface area contributed by atoms with Crippen LogP contribution in [0.3, 0.4) is 0 Å². The fourth-order valence-electron chi connectivity index (χ4n) is 8.33. The Labute approximate surface area is 244 Å². The first-order chi connectivity index (χ1) is 19.7. The Hall–Kier alpha value is -2.48. The average molecular weight is 570 g/mol. The summed E-state index contributed by atoms with van der Waals surface area (Å²) in [5.41, 5.74) is 0.272. The monoisotopic (exact) mass is 569 g/mol. The maximum Gasteiger partial charge on any atom is 0.312 e. The van der Waals surface area contributed by atoms with Crippen LogP contribution >= 0.6 is 0 Å². The van der Waals surface area contributed by atoms with E-state index in [4.69, 9.17) is 4.74 Å². The number of amides is 2. The highest BCUT2D eigenvalue weighted by atomic mass is 19.1. The normalized spacial score (nSPS) is 27.1. The van der Waals surface area contributed by atoms with Crippen molar-refractivity contribution in [2.75, 3.05) is 26.2 Å². The molecule has 4 atom stereocenters. The van der Waals surface area contributed by atoms with Gasteiger partial charge in [0.15, 0.2) is 0 Å². The van der Waals surface area contributed by atoms with Gasteiger partial charge in [0.2, 0.25) is 11.8 Å². The number of ether oxygens (including phenoxy) is 1. The first-order valence-corrected chi connectivity index (χ1v) is 16.0. The second kappa shape index (κ2) is 12.8. The lowest BCUT2D eigenvalue weighted by Gasteiger charge is -2.46. The van der Waals surface area contributed by atoms with Crippen molar-refractivity contribution in [2.45, 2.75) is 103 Å². The van der Waals surface area contributed by atoms with Gasteiger partial charge in [0.25, 0.3) is 0 Å². The molecule has 5 rings (SSSR count). The van der Waals surface area contributed by atoms with Crippen LogP contribution in [0.2, 0.25) is 0 Å². The van der Waals surface area contributed by atoms with Crippen molar-refractivity contribution in [1.29, 1.82) is 0 Å². The zero-order valence-electron chi connectivity index (χ0n) is 25.1. The van der Waals surface area contributed by atoms with E-state index in [2.05, 4.69) is 24.1 Å². The number of hydrogen-bond donors (Lipinski definition) is 1. The summed E-state index contributed by atoms with van der Waals surface area (Å²) in [5.74, 6) is 0.0951. The van der Waals surface area contributed by atoms with Gasteiger partial charge < -0.3 is 15.0 Å². The maximum absolute atomic E-state index is 14.0. The smallest absolute Gasteiger partial charge is 0.312 e. The Kier molecular flexibility index (Phi) is 9.37. The number of piperidine rings is 2. The number of benzene rings is 1. The molecule has 4 fully saturated rings. The zero-order valence-corrected chi connectivity index (χ0v) is 25.1. The molecule has 1 aromatic rings. The van der Waals surface area contributed by atoms with E-state index in [1.165, 1.54) is 18.6 Å². The molecule has 2 aliphatic carbocycles. The molecule has 4 aliphatic rings. The van der Waals surface area contributed by atoms with Crippen LogP contribution in [0.4, 0.5) is 4.39 Å². The van der Waals surface area contributed by atoms with Gasteiger partial charge >= 0.3 is 5.97 Å². The lowest BCUT2D eigenvalue weighted by atomic mass is 9.63. The molecular formula is C33H48FN3O4. The van der Waals surface area contributed by atoms with Crippen molar-refractivity contribution in [3.8, 4) is 0 Å². The minimum atomic E-state index is -0.732. The quantitative estimate of drug-likeness (QED) is 0.436. The van der Waals surface area contributed by atoms with Crippen molar-refractivity contribution in [1.82, 2.24) is 15.1 Å². The predicted molar refractivity (Wildman–Crippen MR) is 155 cm³/mol. The Balaban J connectivity index is 1.31. The van der Waals surface area contributed by atoms with Crippen LogP contribution in [-0.4, -0.2) is 72.0 Å². The molecule has 1 aromatic carbocycles.